The zero-order valence-electron chi connectivity index (χ0n) is 7.20. The van der Waals surface area contributed by atoms with Crippen LogP contribution in [0.5, 0.6) is 0 Å². The van der Waals surface area contributed by atoms with E-state index in [0.717, 1.165) is 5.92 Å². The normalized spacial score (nSPS) is 18.0. The Morgan fingerprint density at radius 1 is 1.44 bits per heavy atom. The topological polar surface area (TPSA) is 0 Å². The maximum atomic E-state index is 2.36. The Morgan fingerprint density at radius 2 is 1.89 bits per heavy atom. The molecule has 1 unspecified atom stereocenters. The zero-order chi connectivity index (χ0) is 7.49. The Bertz CT molecular complexity index is 74.6. The van der Waals surface area contributed by atoms with E-state index >= 15 is 0 Å². The third-order valence-electron chi connectivity index (χ3n) is 2.21. The van der Waals surface area contributed by atoms with Crippen LogP contribution in [0.3, 0.4) is 0 Å². The molecule has 0 aromatic rings. The van der Waals surface area contributed by atoms with Crippen molar-refractivity contribution in [1.29, 1.82) is 0 Å². The summed E-state index contributed by atoms with van der Waals surface area (Å²) < 4.78 is 0. The number of hydrogen-bond donors (Lipinski definition) is 0. The second-order valence-corrected chi connectivity index (χ2v) is 5.17. The van der Waals surface area contributed by atoms with E-state index < -0.39 is 0 Å². The first-order chi connectivity index (χ1) is 4.00. The van der Waals surface area contributed by atoms with Crippen molar-refractivity contribution in [3.05, 3.63) is 0 Å². The van der Waals surface area contributed by atoms with Crippen molar-refractivity contribution >= 4 is 10.2 Å². The van der Waals surface area contributed by atoms with Gasteiger partial charge in [-0.3, -0.25) is 0 Å². The summed E-state index contributed by atoms with van der Waals surface area (Å²) in [6, 6.07) is 0. The molecule has 9 heavy (non-hydrogen) atoms. The highest BCUT2D eigenvalue weighted by Gasteiger charge is 2.20. The average molecular weight is 143 g/mol. The number of hydrogen-bond acceptors (Lipinski definition) is 0. The van der Waals surface area contributed by atoms with Gasteiger partial charge in [0.15, 0.2) is 0 Å². The first-order valence-corrected chi connectivity index (χ1v) is 4.56. The lowest BCUT2D eigenvalue weighted by Gasteiger charge is -2.28. The molecule has 0 aliphatic heterocycles. The first-order valence-electron chi connectivity index (χ1n) is 3.86. The van der Waals surface area contributed by atoms with Gasteiger partial charge in [-0.1, -0.05) is 40.5 Å². The van der Waals surface area contributed by atoms with Gasteiger partial charge in [-0.15, -0.1) is 0 Å². The van der Waals surface area contributed by atoms with E-state index in [9.17, 15) is 0 Å². The molecule has 0 fully saturated rings. The monoisotopic (exact) mass is 143 g/mol. The summed E-state index contributed by atoms with van der Waals surface area (Å²) in [4.78, 5) is 0. The molecule has 0 aromatic carbocycles. The van der Waals surface area contributed by atoms with E-state index in [-0.39, 0.29) is 0 Å². The third kappa shape index (κ3) is 3.04. The van der Waals surface area contributed by atoms with Crippen LogP contribution in [0.4, 0.5) is 0 Å². The highest BCUT2D eigenvalue weighted by atomic mass is 28.1. The Kier molecular flexibility index (Phi) is 3.48. The summed E-state index contributed by atoms with van der Waals surface area (Å²) >= 11 is 0. The highest BCUT2D eigenvalue weighted by Crippen LogP contribution is 2.35. The van der Waals surface area contributed by atoms with Gasteiger partial charge < -0.3 is 0 Å². The molecule has 0 spiro atoms. The lowest BCUT2D eigenvalue weighted by Crippen LogP contribution is -2.14. The molecule has 0 heterocycles. The Balaban J connectivity index is 3.70. The molecule has 0 aromatic heterocycles. The van der Waals surface area contributed by atoms with Crippen molar-refractivity contribution in [3.8, 4) is 0 Å². The molecule has 0 rings (SSSR count). The van der Waals surface area contributed by atoms with E-state index in [4.69, 9.17) is 0 Å². The van der Waals surface area contributed by atoms with E-state index in [1.807, 2.05) is 0 Å². The Morgan fingerprint density at radius 3 is 2.00 bits per heavy atom. The van der Waals surface area contributed by atoms with Gasteiger partial charge in [-0.05, 0) is 11.0 Å². The van der Waals surface area contributed by atoms with Crippen molar-refractivity contribution in [1.82, 2.24) is 0 Å². The minimum atomic E-state index is 0.578. The van der Waals surface area contributed by atoms with Gasteiger partial charge in [0.1, 0.15) is 0 Å². The van der Waals surface area contributed by atoms with E-state index in [0.29, 0.717) is 5.04 Å². The molecular formula is C8H19Si. The van der Waals surface area contributed by atoms with Crippen LogP contribution in [0.25, 0.3) is 0 Å². The van der Waals surface area contributed by atoms with Gasteiger partial charge in [0.25, 0.3) is 0 Å². The van der Waals surface area contributed by atoms with Crippen LogP contribution in [-0.4, -0.2) is 10.2 Å². The molecule has 0 saturated heterocycles. The standard InChI is InChI=1S/C8H19Si/c1-5-6-8(4,9)7(2)3/h7H,5-6,9H2,1-4H3. The van der Waals surface area contributed by atoms with Gasteiger partial charge in [0, 0.05) is 10.2 Å². The molecular weight excluding hydrogens is 124 g/mol. The largest absolute Gasteiger partial charge is 0.0654 e. The third-order valence-corrected chi connectivity index (χ3v) is 3.39. The van der Waals surface area contributed by atoms with E-state index in [1.54, 1.807) is 0 Å². The van der Waals surface area contributed by atoms with Crippen molar-refractivity contribution in [2.75, 3.05) is 0 Å². The summed E-state index contributed by atoms with van der Waals surface area (Å²) in [6.07, 6.45) is 2.68. The molecule has 0 aliphatic carbocycles. The van der Waals surface area contributed by atoms with E-state index in [1.165, 1.54) is 12.8 Å². The predicted octanol–water partition coefficient (Wildman–Crippen LogP) is 2.25. The molecule has 55 valence electrons. The molecule has 0 nitrogen and oxygen atoms in total. The smallest absolute Gasteiger partial charge is 0.0163 e. The maximum Gasteiger partial charge on any atom is 0.0163 e. The van der Waals surface area contributed by atoms with Gasteiger partial charge in [-0.2, -0.15) is 0 Å². The van der Waals surface area contributed by atoms with Crippen LogP contribution < -0.4 is 0 Å². The molecule has 0 saturated carbocycles. The highest BCUT2D eigenvalue weighted by molar-refractivity contribution is 6.15. The molecule has 0 aliphatic rings. The number of rotatable bonds is 3. The Labute approximate surface area is 62.5 Å². The molecule has 1 atom stereocenters. The lowest BCUT2D eigenvalue weighted by molar-refractivity contribution is 0.412. The van der Waals surface area contributed by atoms with Crippen molar-refractivity contribution in [2.24, 2.45) is 5.92 Å². The molecule has 1 radical (unpaired) electrons. The molecule has 1 heteroatoms. The van der Waals surface area contributed by atoms with Gasteiger partial charge in [0.2, 0.25) is 0 Å². The fourth-order valence-corrected chi connectivity index (χ4v) is 1.21. The van der Waals surface area contributed by atoms with Crippen molar-refractivity contribution in [3.63, 3.8) is 0 Å². The SMILES string of the molecule is CCCC(C)([SiH2])C(C)C. The van der Waals surface area contributed by atoms with Crippen LogP contribution in [0.15, 0.2) is 0 Å². The predicted molar refractivity (Wildman–Crippen MR) is 46.7 cm³/mol. The van der Waals surface area contributed by atoms with Gasteiger partial charge in [0.05, 0.1) is 0 Å². The fourth-order valence-electron chi connectivity index (χ4n) is 0.860. The van der Waals surface area contributed by atoms with Crippen LogP contribution in [0.2, 0.25) is 5.04 Å². The van der Waals surface area contributed by atoms with E-state index in [2.05, 4.69) is 37.9 Å². The van der Waals surface area contributed by atoms with Crippen molar-refractivity contribution in [2.45, 2.75) is 45.6 Å². The van der Waals surface area contributed by atoms with Crippen LogP contribution in [0.1, 0.15) is 40.5 Å². The summed E-state index contributed by atoms with van der Waals surface area (Å²) in [7, 11) is 2.15. The van der Waals surface area contributed by atoms with Gasteiger partial charge >= 0.3 is 0 Å². The summed E-state index contributed by atoms with van der Waals surface area (Å²) in [5.74, 6) is 0.829. The fraction of sp³-hybridized carbons (Fsp3) is 1.00. The maximum absolute atomic E-state index is 2.36. The second kappa shape index (κ2) is 3.40. The second-order valence-electron chi connectivity index (χ2n) is 3.56. The molecule has 0 amide bonds. The minimum Gasteiger partial charge on any atom is -0.0654 e. The Hall–Kier alpha value is 0.217. The summed E-state index contributed by atoms with van der Waals surface area (Å²) in [5, 5.41) is 0.578. The van der Waals surface area contributed by atoms with Crippen molar-refractivity contribution < 1.29 is 0 Å². The van der Waals surface area contributed by atoms with Gasteiger partial charge in [-0.25, -0.2) is 0 Å². The van der Waals surface area contributed by atoms with Crippen LogP contribution in [-0.2, 0) is 0 Å². The lowest BCUT2D eigenvalue weighted by atomic mass is 9.92. The summed E-state index contributed by atoms with van der Waals surface area (Å²) in [6.45, 7) is 9.24. The van der Waals surface area contributed by atoms with Crippen LogP contribution in [0, 0.1) is 5.92 Å². The molecule has 0 N–H and O–H groups in total. The minimum absolute atomic E-state index is 0.578. The quantitative estimate of drug-likeness (QED) is 0.532. The molecule has 0 bridgehead atoms. The average Bonchev–Trinajstić information content (AvgIpc) is 1.65. The summed E-state index contributed by atoms with van der Waals surface area (Å²) in [5.41, 5.74) is 0. The zero-order valence-corrected chi connectivity index (χ0v) is 8.61. The first kappa shape index (κ1) is 9.22. The van der Waals surface area contributed by atoms with Crippen LogP contribution >= 0.6 is 0 Å².